The van der Waals surface area contributed by atoms with Crippen molar-refractivity contribution in [1.29, 1.82) is 5.26 Å². The molecular weight excluding hydrogens is 396 g/mol. The SMILES string of the molecule is CCOP(=O)(OCC)Oc1ccc(C(C#N)OP(=O)(OCC)OCC)cc1. The van der Waals surface area contributed by atoms with E-state index in [1.54, 1.807) is 27.7 Å². The molecule has 0 aliphatic rings. The summed E-state index contributed by atoms with van der Waals surface area (Å²) in [7, 11) is -7.58. The van der Waals surface area contributed by atoms with E-state index in [2.05, 4.69) is 0 Å². The lowest BCUT2D eigenvalue weighted by Gasteiger charge is -2.20. The van der Waals surface area contributed by atoms with Crippen LogP contribution >= 0.6 is 15.6 Å². The Labute approximate surface area is 159 Å². The van der Waals surface area contributed by atoms with Gasteiger partial charge in [-0.05, 0) is 45.4 Å². The smallest absolute Gasteiger partial charge is 0.404 e. The number of nitrogens with zero attached hydrogens (tertiary/aromatic N) is 1. The molecule has 0 fully saturated rings. The largest absolute Gasteiger partial charge is 0.530 e. The molecule has 1 unspecified atom stereocenters. The molecule has 0 heterocycles. The zero-order valence-corrected chi connectivity index (χ0v) is 17.6. The molecule has 0 aromatic heterocycles. The first-order valence-corrected chi connectivity index (χ1v) is 11.4. The Hall–Kier alpha value is -1.23. The third-order valence-corrected chi connectivity index (χ3v) is 6.10. The van der Waals surface area contributed by atoms with Crippen LogP contribution in [0.2, 0.25) is 0 Å². The normalized spacial score (nSPS) is 13.1. The van der Waals surface area contributed by atoms with Crippen molar-refractivity contribution in [2.75, 3.05) is 26.4 Å². The number of phosphoric ester groups is 2. The predicted molar refractivity (Wildman–Crippen MR) is 98.2 cm³/mol. The molecule has 1 aromatic rings. The number of phosphoric acid groups is 2. The highest BCUT2D eigenvalue weighted by Gasteiger charge is 2.31. The summed E-state index contributed by atoms with van der Waals surface area (Å²) in [5, 5.41) is 9.35. The first-order chi connectivity index (χ1) is 12.8. The van der Waals surface area contributed by atoms with Gasteiger partial charge in [0.1, 0.15) is 5.75 Å². The predicted octanol–water partition coefficient (Wildman–Crippen LogP) is 5.01. The van der Waals surface area contributed by atoms with Gasteiger partial charge in [0.15, 0.2) is 6.10 Å². The molecule has 0 saturated heterocycles. The summed E-state index contributed by atoms with van der Waals surface area (Å²) < 4.78 is 55.6. The van der Waals surface area contributed by atoms with Crippen LogP contribution in [0.25, 0.3) is 0 Å². The highest BCUT2D eigenvalue weighted by atomic mass is 31.2. The molecule has 1 aromatic carbocycles. The molecule has 0 radical (unpaired) electrons. The van der Waals surface area contributed by atoms with Crippen molar-refractivity contribution in [2.45, 2.75) is 33.8 Å². The van der Waals surface area contributed by atoms with Gasteiger partial charge in [-0.25, -0.2) is 9.13 Å². The lowest BCUT2D eigenvalue weighted by atomic mass is 10.1. The molecule has 0 saturated carbocycles. The molecule has 0 amide bonds. The van der Waals surface area contributed by atoms with E-state index in [1.807, 2.05) is 6.07 Å². The van der Waals surface area contributed by atoms with Gasteiger partial charge in [-0.3, -0.25) is 22.6 Å². The van der Waals surface area contributed by atoms with Gasteiger partial charge in [0.2, 0.25) is 0 Å². The quantitative estimate of drug-likeness (QED) is 0.406. The van der Waals surface area contributed by atoms with Crippen molar-refractivity contribution in [3.8, 4) is 11.8 Å². The number of benzene rings is 1. The maximum atomic E-state index is 12.4. The number of hydrogen-bond donors (Lipinski definition) is 0. The van der Waals surface area contributed by atoms with Crippen LogP contribution < -0.4 is 4.52 Å². The van der Waals surface area contributed by atoms with Crippen LogP contribution in [0.3, 0.4) is 0 Å². The monoisotopic (exact) mass is 421 g/mol. The highest BCUT2D eigenvalue weighted by molar-refractivity contribution is 7.49. The van der Waals surface area contributed by atoms with Gasteiger partial charge in [0.05, 0.1) is 32.5 Å². The minimum Gasteiger partial charge on any atom is -0.404 e. The molecule has 11 heteroatoms. The van der Waals surface area contributed by atoms with Crippen LogP contribution in [0, 0.1) is 11.3 Å². The molecular formula is C16H25NO8P2. The summed E-state index contributed by atoms with van der Waals surface area (Å²) in [4.78, 5) is 0. The Balaban J connectivity index is 2.93. The van der Waals surface area contributed by atoms with E-state index in [4.69, 9.17) is 27.1 Å². The van der Waals surface area contributed by atoms with Gasteiger partial charge in [0, 0.05) is 0 Å². The minimum absolute atomic E-state index is 0.104. The van der Waals surface area contributed by atoms with E-state index in [9.17, 15) is 14.4 Å². The summed E-state index contributed by atoms with van der Waals surface area (Å²) in [6.45, 7) is 7.13. The molecule has 1 rings (SSSR count). The standard InChI is InChI=1S/C16H25NO8P2/c1-5-20-26(18,21-6-2)24-15-11-9-14(10-12-15)16(13-17)25-27(19,22-7-3)23-8-4/h9-12,16H,5-8H2,1-4H3. The van der Waals surface area contributed by atoms with E-state index < -0.39 is 21.7 Å². The average molecular weight is 421 g/mol. The fraction of sp³-hybridized carbons (Fsp3) is 0.562. The van der Waals surface area contributed by atoms with Crippen molar-refractivity contribution in [1.82, 2.24) is 0 Å². The molecule has 152 valence electrons. The average Bonchev–Trinajstić information content (AvgIpc) is 2.61. The van der Waals surface area contributed by atoms with Crippen LogP contribution in [0.15, 0.2) is 24.3 Å². The molecule has 0 aliphatic carbocycles. The van der Waals surface area contributed by atoms with Gasteiger partial charge in [0.25, 0.3) is 0 Å². The summed E-state index contributed by atoms with van der Waals surface area (Å²) in [6.07, 6.45) is -1.19. The Morgan fingerprint density at radius 3 is 1.70 bits per heavy atom. The molecule has 0 bridgehead atoms. The Kier molecular flexibility index (Phi) is 10.2. The van der Waals surface area contributed by atoms with Crippen molar-refractivity contribution in [3.05, 3.63) is 29.8 Å². The number of hydrogen-bond acceptors (Lipinski definition) is 9. The van der Waals surface area contributed by atoms with Crippen LogP contribution in [0.5, 0.6) is 5.75 Å². The van der Waals surface area contributed by atoms with E-state index in [0.717, 1.165) is 0 Å². The van der Waals surface area contributed by atoms with Crippen LogP contribution in [-0.4, -0.2) is 26.4 Å². The zero-order valence-electron chi connectivity index (χ0n) is 15.8. The number of rotatable bonds is 13. The molecule has 1 atom stereocenters. The molecule has 27 heavy (non-hydrogen) atoms. The zero-order chi connectivity index (χ0) is 20.3. The highest BCUT2D eigenvalue weighted by Crippen LogP contribution is 2.53. The van der Waals surface area contributed by atoms with Crippen molar-refractivity contribution in [3.63, 3.8) is 0 Å². The molecule has 0 N–H and O–H groups in total. The van der Waals surface area contributed by atoms with E-state index in [1.165, 1.54) is 24.3 Å². The summed E-state index contributed by atoms with van der Waals surface area (Å²) in [5.41, 5.74) is 0.395. The summed E-state index contributed by atoms with van der Waals surface area (Å²) in [5.74, 6) is 0.221. The summed E-state index contributed by atoms with van der Waals surface area (Å²) >= 11 is 0. The van der Waals surface area contributed by atoms with Crippen LogP contribution in [0.4, 0.5) is 0 Å². The molecule has 0 aliphatic heterocycles. The minimum atomic E-state index is -3.86. The third-order valence-electron chi connectivity index (χ3n) is 2.90. The summed E-state index contributed by atoms with van der Waals surface area (Å²) in [6, 6.07) is 7.86. The Morgan fingerprint density at radius 1 is 0.852 bits per heavy atom. The van der Waals surface area contributed by atoms with Gasteiger partial charge >= 0.3 is 15.6 Å². The second-order valence-electron chi connectivity index (χ2n) is 4.84. The van der Waals surface area contributed by atoms with Gasteiger partial charge in [-0.15, -0.1) is 0 Å². The lowest BCUT2D eigenvalue weighted by Crippen LogP contribution is -2.06. The first-order valence-electron chi connectivity index (χ1n) is 8.51. The fourth-order valence-corrected chi connectivity index (χ4v) is 4.39. The van der Waals surface area contributed by atoms with Crippen molar-refractivity contribution in [2.24, 2.45) is 0 Å². The van der Waals surface area contributed by atoms with Crippen molar-refractivity contribution >= 4 is 15.6 Å². The molecule has 9 nitrogen and oxygen atoms in total. The third kappa shape index (κ3) is 7.73. The molecule has 0 spiro atoms. The Bertz CT molecular complexity index is 683. The number of nitriles is 1. The van der Waals surface area contributed by atoms with Gasteiger partial charge in [-0.1, -0.05) is 12.1 Å². The lowest BCUT2D eigenvalue weighted by molar-refractivity contribution is 0.103. The van der Waals surface area contributed by atoms with E-state index in [0.29, 0.717) is 5.56 Å². The topological polar surface area (TPSA) is 113 Å². The van der Waals surface area contributed by atoms with E-state index in [-0.39, 0.29) is 32.2 Å². The van der Waals surface area contributed by atoms with E-state index >= 15 is 0 Å². The second kappa shape index (κ2) is 11.6. The maximum Gasteiger partial charge on any atom is 0.530 e. The fourth-order valence-electron chi connectivity index (χ4n) is 1.94. The van der Waals surface area contributed by atoms with Gasteiger partial charge in [-0.2, -0.15) is 5.26 Å². The maximum absolute atomic E-state index is 12.4. The van der Waals surface area contributed by atoms with Crippen LogP contribution in [-0.2, 0) is 31.7 Å². The second-order valence-corrected chi connectivity index (χ2v) is 8.06. The van der Waals surface area contributed by atoms with Crippen LogP contribution in [0.1, 0.15) is 39.4 Å². The van der Waals surface area contributed by atoms with Crippen molar-refractivity contribution < 1.29 is 36.3 Å². The first kappa shape index (κ1) is 23.8. The van der Waals surface area contributed by atoms with Gasteiger partial charge < -0.3 is 4.52 Å². The Morgan fingerprint density at radius 2 is 1.30 bits per heavy atom.